The van der Waals surface area contributed by atoms with Gasteiger partial charge in [0, 0.05) is 34.6 Å². The molecule has 0 spiro atoms. The van der Waals surface area contributed by atoms with Gasteiger partial charge >= 0.3 is 0 Å². The number of methoxy groups -OCH3 is 2. The fourth-order valence-corrected chi connectivity index (χ4v) is 5.17. The van der Waals surface area contributed by atoms with Gasteiger partial charge in [-0.05, 0) is 58.7 Å². The van der Waals surface area contributed by atoms with Crippen molar-refractivity contribution in [2.45, 2.75) is 32.0 Å². The number of benzene rings is 4. The number of hydrogen-bond acceptors (Lipinski definition) is 4. The average Bonchev–Trinajstić information content (AvgIpc) is 2.99. The highest BCUT2D eigenvalue weighted by Crippen LogP contribution is 2.28. The molecule has 0 aliphatic carbocycles. The van der Waals surface area contributed by atoms with Crippen LogP contribution in [0, 0.1) is 0 Å². The van der Waals surface area contributed by atoms with Crippen molar-refractivity contribution in [2.75, 3.05) is 14.2 Å². The standard InChI is InChI=1S/C33H31Cl3N2O4/c1-41-30-15-10-24(17-31(30)42-2)18-32(39)38(21-23-8-12-26(34)13-9-23)29(16-22-6-4-3-5-7-22)33(40)37-20-25-11-14-27(35)19-28(25)36/h3-15,17,19,29H,16,18,20-21H2,1-2H3,(H,37,40). The maximum Gasteiger partial charge on any atom is 0.243 e. The molecule has 0 aliphatic heterocycles. The molecule has 0 saturated carbocycles. The molecule has 0 saturated heterocycles. The third-order valence-corrected chi connectivity index (χ3v) is 7.65. The van der Waals surface area contributed by atoms with E-state index in [1.165, 1.54) is 0 Å². The summed E-state index contributed by atoms with van der Waals surface area (Å²) in [5.74, 6) is 0.552. The number of carbonyl (C=O) groups is 2. The van der Waals surface area contributed by atoms with Gasteiger partial charge in [-0.3, -0.25) is 9.59 Å². The monoisotopic (exact) mass is 624 g/mol. The second-order valence-electron chi connectivity index (χ2n) is 9.67. The topological polar surface area (TPSA) is 67.9 Å². The van der Waals surface area contributed by atoms with E-state index in [0.717, 1.165) is 16.7 Å². The van der Waals surface area contributed by atoms with Gasteiger partial charge in [0.05, 0.1) is 20.6 Å². The van der Waals surface area contributed by atoms with Gasteiger partial charge in [-0.25, -0.2) is 0 Å². The fourth-order valence-electron chi connectivity index (χ4n) is 4.57. The third-order valence-electron chi connectivity index (χ3n) is 6.81. The maximum absolute atomic E-state index is 14.1. The Morgan fingerprint density at radius 3 is 2.10 bits per heavy atom. The SMILES string of the molecule is COc1ccc(CC(=O)N(Cc2ccc(Cl)cc2)C(Cc2ccccc2)C(=O)NCc2ccc(Cl)cc2Cl)cc1OC. The number of nitrogens with zero attached hydrogens (tertiary/aromatic N) is 1. The molecule has 0 fully saturated rings. The fraction of sp³-hybridized carbons (Fsp3) is 0.212. The molecule has 1 atom stereocenters. The van der Waals surface area contributed by atoms with Crippen LogP contribution in [0.4, 0.5) is 0 Å². The van der Waals surface area contributed by atoms with Crippen LogP contribution in [0.15, 0.2) is 91.0 Å². The molecule has 4 aromatic rings. The van der Waals surface area contributed by atoms with Crippen LogP contribution in [0.3, 0.4) is 0 Å². The molecule has 1 N–H and O–H groups in total. The van der Waals surface area contributed by atoms with Crippen LogP contribution in [-0.2, 0) is 35.5 Å². The van der Waals surface area contributed by atoms with E-state index in [1.54, 1.807) is 61.6 Å². The van der Waals surface area contributed by atoms with E-state index in [4.69, 9.17) is 44.3 Å². The normalized spacial score (nSPS) is 11.5. The molecule has 0 radical (unpaired) electrons. The Morgan fingerprint density at radius 2 is 1.43 bits per heavy atom. The van der Waals surface area contributed by atoms with Gasteiger partial charge in [0.1, 0.15) is 6.04 Å². The molecule has 2 amide bonds. The van der Waals surface area contributed by atoms with Gasteiger partial charge in [0.15, 0.2) is 11.5 Å². The van der Waals surface area contributed by atoms with Crippen LogP contribution in [0.25, 0.3) is 0 Å². The van der Waals surface area contributed by atoms with E-state index in [1.807, 2.05) is 48.5 Å². The minimum absolute atomic E-state index is 0.0511. The lowest BCUT2D eigenvalue weighted by atomic mass is 10.0. The molecule has 0 heterocycles. The van der Waals surface area contributed by atoms with Crippen LogP contribution in [0.2, 0.25) is 15.1 Å². The average molecular weight is 626 g/mol. The molecule has 42 heavy (non-hydrogen) atoms. The Hall–Kier alpha value is -3.71. The van der Waals surface area contributed by atoms with Crippen molar-refractivity contribution in [3.05, 3.63) is 128 Å². The van der Waals surface area contributed by atoms with Gasteiger partial charge < -0.3 is 19.7 Å². The summed E-state index contributed by atoms with van der Waals surface area (Å²) in [5, 5.41) is 4.53. The van der Waals surface area contributed by atoms with Crippen molar-refractivity contribution >= 4 is 46.6 Å². The summed E-state index contributed by atoms with van der Waals surface area (Å²) < 4.78 is 10.8. The van der Waals surface area contributed by atoms with Gasteiger partial charge in [-0.2, -0.15) is 0 Å². The zero-order valence-electron chi connectivity index (χ0n) is 23.3. The first-order chi connectivity index (χ1) is 20.3. The minimum Gasteiger partial charge on any atom is -0.493 e. The zero-order valence-corrected chi connectivity index (χ0v) is 25.5. The van der Waals surface area contributed by atoms with E-state index in [2.05, 4.69) is 5.32 Å². The van der Waals surface area contributed by atoms with Crippen molar-refractivity contribution in [3.63, 3.8) is 0 Å². The minimum atomic E-state index is -0.818. The van der Waals surface area contributed by atoms with Gasteiger partial charge in [0.2, 0.25) is 11.8 Å². The van der Waals surface area contributed by atoms with E-state index < -0.39 is 6.04 Å². The maximum atomic E-state index is 14.1. The molecule has 4 rings (SSSR count). The largest absolute Gasteiger partial charge is 0.493 e. The molecule has 0 aromatic heterocycles. The molecule has 4 aromatic carbocycles. The quantitative estimate of drug-likeness (QED) is 0.181. The Bertz CT molecular complexity index is 1510. The Morgan fingerprint density at radius 1 is 0.762 bits per heavy atom. The van der Waals surface area contributed by atoms with Crippen molar-refractivity contribution in [1.29, 1.82) is 0 Å². The molecule has 0 aliphatic rings. The van der Waals surface area contributed by atoms with Crippen LogP contribution >= 0.6 is 34.8 Å². The summed E-state index contributed by atoms with van der Waals surface area (Å²) in [4.78, 5) is 29.6. The highest BCUT2D eigenvalue weighted by Gasteiger charge is 2.30. The number of hydrogen-bond donors (Lipinski definition) is 1. The lowest BCUT2D eigenvalue weighted by molar-refractivity contribution is -0.140. The first-order valence-corrected chi connectivity index (χ1v) is 14.4. The molecule has 9 heteroatoms. The summed E-state index contributed by atoms with van der Waals surface area (Å²) in [6, 6.07) is 26.5. The summed E-state index contributed by atoms with van der Waals surface area (Å²) in [6.07, 6.45) is 0.363. The first-order valence-electron chi connectivity index (χ1n) is 13.3. The highest BCUT2D eigenvalue weighted by molar-refractivity contribution is 6.35. The second-order valence-corrected chi connectivity index (χ2v) is 11.0. The lowest BCUT2D eigenvalue weighted by Gasteiger charge is -2.32. The van der Waals surface area contributed by atoms with Gasteiger partial charge in [0.25, 0.3) is 0 Å². The first kappa shape index (κ1) is 31.2. The Labute approximate surface area is 261 Å². The van der Waals surface area contributed by atoms with Crippen molar-refractivity contribution in [1.82, 2.24) is 10.2 Å². The smallest absolute Gasteiger partial charge is 0.243 e. The summed E-state index contributed by atoms with van der Waals surface area (Å²) in [6.45, 7) is 0.384. The molecular formula is C33H31Cl3N2O4. The van der Waals surface area contributed by atoms with E-state index in [9.17, 15) is 9.59 Å². The number of carbonyl (C=O) groups excluding carboxylic acids is 2. The number of ether oxygens (including phenoxy) is 2. The molecule has 218 valence electrons. The number of amides is 2. The van der Waals surface area contributed by atoms with Gasteiger partial charge in [-0.1, -0.05) is 89.4 Å². The van der Waals surface area contributed by atoms with Gasteiger partial charge in [-0.15, -0.1) is 0 Å². The van der Waals surface area contributed by atoms with E-state index in [-0.39, 0.29) is 31.3 Å². The number of halogens is 3. The van der Waals surface area contributed by atoms with E-state index >= 15 is 0 Å². The van der Waals surface area contributed by atoms with Crippen LogP contribution in [-0.4, -0.2) is 37.0 Å². The van der Waals surface area contributed by atoms with Crippen molar-refractivity contribution < 1.29 is 19.1 Å². The predicted octanol–water partition coefficient (Wildman–Crippen LogP) is 7.16. The molecule has 6 nitrogen and oxygen atoms in total. The molecular weight excluding hydrogens is 595 g/mol. The summed E-state index contributed by atoms with van der Waals surface area (Å²) in [7, 11) is 3.10. The second kappa shape index (κ2) is 15.0. The highest BCUT2D eigenvalue weighted by atomic mass is 35.5. The summed E-state index contributed by atoms with van der Waals surface area (Å²) >= 11 is 18.5. The van der Waals surface area contributed by atoms with Crippen molar-refractivity contribution in [3.8, 4) is 11.5 Å². The Balaban J connectivity index is 1.67. The summed E-state index contributed by atoms with van der Waals surface area (Å²) in [5.41, 5.74) is 3.20. The zero-order chi connectivity index (χ0) is 30.1. The number of rotatable bonds is 12. The van der Waals surface area contributed by atoms with Crippen LogP contribution < -0.4 is 14.8 Å². The van der Waals surface area contributed by atoms with E-state index in [0.29, 0.717) is 38.6 Å². The molecule has 1 unspecified atom stereocenters. The van der Waals surface area contributed by atoms with Crippen molar-refractivity contribution in [2.24, 2.45) is 0 Å². The Kier molecular flexibility index (Phi) is 11.1. The van der Waals surface area contributed by atoms with Crippen LogP contribution in [0.1, 0.15) is 22.3 Å². The molecule has 0 bridgehead atoms. The predicted molar refractivity (Wildman–Crippen MR) is 167 cm³/mol. The number of nitrogens with one attached hydrogen (secondary N) is 1. The van der Waals surface area contributed by atoms with Crippen LogP contribution in [0.5, 0.6) is 11.5 Å². The lowest BCUT2D eigenvalue weighted by Crippen LogP contribution is -2.50. The third kappa shape index (κ3) is 8.41.